The molecule has 1 atom stereocenters. The lowest BCUT2D eigenvalue weighted by Crippen LogP contribution is -2.31. The van der Waals surface area contributed by atoms with Crippen molar-refractivity contribution >= 4 is 23.5 Å². The van der Waals surface area contributed by atoms with Crippen LogP contribution < -0.4 is 5.32 Å². The zero-order valence-corrected chi connectivity index (χ0v) is 16.0. The molecule has 1 aromatic heterocycles. The minimum Gasteiger partial charge on any atom is -0.493 e. The molecule has 0 aliphatic rings. The van der Waals surface area contributed by atoms with Crippen LogP contribution in [0.5, 0.6) is 5.88 Å². The third-order valence-corrected chi connectivity index (χ3v) is 4.50. The van der Waals surface area contributed by atoms with Gasteiger partial charge in [0.2, 0.25) is 5.88 Å². The standard InChI is InChI=1S/C20H17ClFN3O4/c1-11-7-13(22)5-6-15(11)16(10-19(27)28)23-20(29)17-9-18(26)25(24-17)14-4-2-3-12(21)8-14/h2-9,16,26H,10H2,1H3,(H,23,29)(H,27,28). The van der Waals surface area contributed by atoms with Crippen LogP contribution in [0.25, 0.3) is 5.69 Å². The van der Waals surface area contributed by atoms with E-state index in [9.17, 15) is 24.2 Å². The summed E-state index contributed by atoms with van der Waals surface area (Å²) in [5.41, 5.74) is 1.31. The van der Waals surface area contributed by atoms with Crippen molar-refractivity contribution in [2.75, 3.05) is 0 Å². The Balaban J connectivity index is 1.88. The molecule has 3 aromatic rings. The number of hydrogen-bond acceptors (Lipinski definition) is 4. The molecule has 0 bridgehead atoms. The first-order valence-corrected chi connectivity index (χ1v) is 8.96. The lowest BCUT2D eigenvalue weighted by atomic mass is 9.98. The maximum absolute atomic E-state index is 13.4. The van der Waals surface area contributed by atoms with Crippen LogP contribution in [0.4, 0.5) is 4.39 Å². The number of carboxylic acid groups (broad SMARTS) is 1. The molecule has 2 aromatic carbocycles. The molecule has 0 aliphatic carbocycles. The van der Waals surface area contributed by atoms with Crippen molar-refractivity contribution in [3.05, 3.63) is 76.2 Å². The van der Waals surface area contributed by atoms with Crippen molar-refractivity contribution < 1.29 is 24.2 Å². The highest BCUT2D eigenvalue weighted by atomic mass is 35.5. The van der Waals surface area contributed by atoms with Gasteiger partial charge in [0, 0.05) is 11.1 Å². The fourth-order valence-electron chi connectivity index (χ4n) is 2.96. The monoisotopic (exact) mass is 417 g/mol. The second kappa shape index (κ2) is 8.32. The van der Waals surface area contributed by atoms with Gasteiger partial charge >= 0.3 is 5.97 Å². The van der Waals surface area contributed by atoms with Crippen molar-refractivity contribution in [1.82, 2.24) is 15.1 Å². The molecular formula is C20H17ClFN3O4. The van der Waals surface area contributed by atoms with Gasteiger partial charge in [-0.3, -0.25) is 9.59 Å². The third kappa shape index (κ3) is 4.72. The number of benzene rings is 2. The minimum atomic E-state index is -1.13. The Hall–Kier alpha value is -3.39. The fraction of sp³-hybridized carbons (Fsp3) is 0.150. The summed E-state index contributed by atoms with van der Waals surface area (Å²) >= 11 is 5.94. The van der Waals surface area contributed by atoms with E-state index in [4.69, 9.17) is 11.6 Å². The highest BCUT2D eigenvalue weighted by Crippen LogP contribution is 2.24. The Morgan fingerprint density at radius 1 is 1.24 bits per heavy atom. The molecule has 3 rings (SSSR count). The quantitative estimate of drug-likeness (QED) is 0.568. The first-order chi connectivity index (χ1) is 13.7. The summed E-state index contributed by atoms with van der Waals surface area (Å²) in [7, 11) is 0. The van der Waals surface area contributed by atoms with E-state index >= 15 is 0 Å². The summed E-state index contributed by atoms with van der Waals surface area (Å²) in [5, 5.41) is 26.4. The van der Waals surface area contributed by atoms with E-state index in [1.807, 2.05) is 0 Å². The Labute approximate surface area is 170 Å². The molecule has 0 saturated carbocycles. The molecule has 0 aliphatic heterocycles. The van der Waals surface area contributed by atoms with E-state index in [2.05, 4.69) is 10.4 Å². The van der Waals surface area contributed by atoms with Gasteiger partial charge in [-0.25, -0.2) is 9.07 Å². The lowest BCUT2D eigenvalue weighted by Gasteiger charge is -2.19. The second-order valence-electron chi connectivity index (χ2n) is 6.40. The molecule has 1 heterocycles. The van der Waals surface area contributed by atoms with Crippen molar-refractivity contribution in [1.29, 1.82) is 0 Å². The Morgan fingerprint density at radius 2 is 2.00 bits per heavy atom. The summed E-state index contributed by atoms with van der Waals surface area (Å²) < 4.78 is 14.5. The number of amides is 1. The van der Waals surface area contributed by atoms with Crippen molar-refractivity contribution in [2.24, 2.45) is 0 Å². The van der Waals surface area contributed by atoms with Crippen LogP contribution >= 0.6 is 11.6 Å². The molecule has 1 amide bonds. The average molecular weight is 418 g/mol. The molecule has 0 spiro atoms. The van der Waals surface area contributed by atoms with Gasteiger partial charge in [-0.2, -0.15) is 5.10 Å². The average Bonchev–Trinajstić information content (AvgIpc) is 3.03. The zero-order chi connectivity index (χ0) is 21.1. The Morgan fingerprint density at radius 3 is 2.66 bits per heavy atom. The van der Waals surface area contributed by atoms with Crippen LogP contribution in [0.15, 0.2) is 48.5 Å². The topological polar surface area (TPSA) is 104 Å². The van der Waals surface area contributed by atoms with Gasteiger partial charge in [-0.1, -0.05) is 23.7 Å². The zero-order valence-electron chi connectivity index (χ0n) is 15.3. The minimum absolute atomic E-state index is 0.113. The Bertz CT molecular complexity index is 1080. The number of nitrogens with zero attached hydrogens (tertiary/aromatic N) is 2. The van der Waals surface area contributed by atoms with Crippen LogP contribution in [0.2, 0.25) is 5.02 Å². The normalized spacial score (nSPS) is 11.8. The molecule has 1 unspecified atom stereocenters. The van der Waals surface area contributed by atoms with Gasteiger partial charge in [0.15, 0.2) is 5.69 Å². The molecule has 9 heteroatoms. The fourth-order valence-corrected chi connectivity index (χ4v) is 3.14. The molecule has 3 N–H and O–H groups in total. The molecule has 150 valence electrons. The molecule has 0 radical (unpaired) electrons. The number of aryl methyl sites for hydroxylation is 1. The van der Waals surface area contributed by atoms with E-state index < -0.39 is 30.2 Å². The Kier molecular flexibility index (Phi) is 5.84. The van der Waals surface area contributed by atoms with Crippen LogP contribution in [-0.2, 0) is 4.79 Å². The van der Waals surface area contributed by atoms with Crippen LogP contribution in [0, 0.1) is 12.7 Å². The molecular weight excluding hydrogens is 401 g/mol. The molecule has 29 heavy (non-hydrogen) atoms. The van der Waals surface area contributed by atoms with Gasteiger partial charge in [0.1, 0.15) is 5.82 Å². The van der Waals surface area contributed by atoms with Crippen LogP contribution in [0.1, 0.15) is 34.1 Å². The van der Waals surface area contributed by atoms with E-state index in [1.165, 1.54) is 18.2 Å². The summed E-state index contributed by atoms with van der Waals surface area (Å²) in [5.74, 6) is -2.57. The molecule has 0 fully saturated rings. The van der Waals surface area contributed by atoms with Crippen molar-refractivity contribution in [3.63, 3.8) is 0 Å². The third-order valence-electron chi connectivity index (χ3n) is 4.27. The number of rotatable bonds is 6. The number of carbonyl (C=O) groups is 2. The van der Waals surface area contributed by atoms with Gasteiger partial charge in [-0.15, -0.1) is 0 Å². The maximum atomic E-state index is 13.4. The number of hydrogen-bond donors (Lipinski definition) is 3. The number of aromatic nitrogens is 2. The first-order valence-electron chi connectivity index (χ1n) is 8.58. The first kappa shape index (κ1) is 20.3. The summed E-state index contributed by atoms with van der Waals surface area (Å²) in [6.45, 7) is 1.62. The SMILES string of the molecule is Cc1cc(F)ccc1C(CC(=O)O)NC(=O)c1cc(O)n(-c2cccc(Cl)c2)n1. The molecule has 7 nitrogen and oxygen atoms in total. The predicted molar refractivity (Wildman–Crippen MR) is 104 cm³/mol. The largest absolute Gasteiger partial charge is 0.493 e. The van der Waals surface area contributed by atoms with Crippen molar-refractivity contribution in [2.45, 2.75) is 19.4 Å². The maximum Gasteiger partial charge on any atom is 0.305 e. The highest BCUT2D eigenvalue weighted by molar-refractivity contribution is 6.30. The smallest absolute Gasteiger partial charge is 0.305 e. The second-order valence-corrected chi connectivity index (χ2v) is 6.84. The van der Waals surface area contributed by atoms with E-state index in [0.29, 0.717) is 21.8 Å². The van der Waals surface area contributed by atoms with Crippen LogP contribution in [-0.4, -0.2) is 31.9 Å². The van der Waals surface area contributed by atoms with E-state index in [1.54, 1.807) is 31.2 Å². The van der Waals surface area contributed by atoms with E-state index in [0.717, 1.165) is 10.7 Å². The van der Waals surface area contributed by atoms with Gasteiger partial charge in [0.05, 0.1) is 18.2 Å². The number of aliphatic carboxylic acids is 1. The van der Waals surface area contributed by atoms with Gasteiger partial charge < -0.3 is 15.5 Å². The number of nitrogens with one attached hydrogen (secondary N) is 1. The summed E-state index contributed by atoms with van der Waals surface area (Å²) in [6, 6.07) is 10.7. The van der Waals surface area contributed by atoms with Gasteiger partial charge in [-0.05, 0) is 48.4 Å². The number of aromatic hydroxyl groups is 1. The van der Waals surface area contributed by atoms with Crippen LogP contribution in [0.3, 0.4) is 0 Å². The number of carbonyl (C=O) groups excluding carboxylic acids is 1. The van der Waals surface area contributed by atoms with Crippen molar-refractivity contribution in [3.8, 4) is 11.6 Å². The van der Waals surface area contributed by atoms with Gasteiger partial charge in [0.25, 0.3) is 5.91 Å². The highest BCUT2D eigenvalue weighted by Gasteiger charge is 2.23. The summed E-state index contributed by atoms with van der Waals surface area (Å²) in [6.07, 6.45) is -0.404. The summed E-state index contributed by atoms with van der Waals surface area (Å²) in [4.78, 5) is 23.9. The van der Waals surface area contributed by atoms with E-state index in [-0.39, 0.29) is 11.6 Å². The lowest BCUT2D eigenvalue weighted by molar-refractivity contribution is -0.137. The molecule has 0 saturated heterocycles. The predicted octanol–water partition coefficient (Wildman–Crippen LogP) is 3.62. The number of halogens is 2. The number of carboxylic acids is 1.